The first kappa shape index (κ1) is 14.6. The van der Waals surface area contributed by atoms with E-state index in [1.807, 2.05) is 4.90 Å². The number of hydrogen-bond acceptors (Lipinski definition) is 4. The number of piperazine rings is 1. The monoisotopic (exact) mass is 332 g/mol. The van der Waals surface area contributed by atoms with Crippen LogP contribution in [0.25, 0.3) is 0 Å². The highest BCUT2D eigenvalue weighted by molar-refractivity contribution is 9.10. The van der Waals surface area contributed by atoms with Gasteiger partial charge in [0, 0.05) is 36.2 Å². The molecule has 1 fully saturated rings. The van der Waals surface area contributed by atoms with Gasteiger partial charge in [0.25, 0.3) is 0 Å². The largest absolute Gasteiger partial charge is 0.504 e. The van der Waals surface area contributed by atoms with Gasteiger partial charge >= 0.3 is 0 Å². The van der Waals surface area contributed by atoms with Gasteiger partial charge in [0.05, 0.1) is 13.2 Å². The Bertz CT molecular complexity index is 439. The van der Waals surface area contributed by atoms with Crippen LogP contribution in [0.15, 0.2) is 16.6 Å². The molecule has 1 heterocycles. The molecule has 2 N–H and O–H groups in total. The Labute approximate surface area is 120 Å². The van der Waals surface area contributed by atoms with Crippen LogP contribution in [0.5, 0.6) is 11.5 Å². The van der Waals surface area contributed by atoms with E-state index in [1.54, 1.807) is 12.1 Å². The quantitative estimate of drug-likeness (QED) is 0.886. The first-order valence-electron chi connectivity index (χ1n) is 6.24. The van der Waals surface area contributed by atoms with E-state index in [4.69, 9.17) is 4.74 Å². The van der Waals surface area contributed by atoms with Crippen LogP contribution in [0, 0.1) is 0 Å². The van der Waals surface area contributed by atoms with E-state index in [-0.39, 0.29) is 5.75 Å². The molecule has 19 heavy (non-hydrogen) atoms. The van der Waals surface area contributed by atoms with Gasteiger partial charge in [-0.15, -0.1) is 0 Å². The van der Waals surface area contributed by atoms with Crippen LogP contribution >= 0.6 is 15.9 Å². The number of methoxy groups -OCH3 is 1. The Hall–Kier alpha value is -0.850. The smallest absolute Gasteiger partial charge is 0.162 e. The van der Waals surface area contributed by atoms with E-state index in [1.165, 1.54) is 7.11 Å². The van der Waals surface area contributed by atoms with Crippen molar-refractivity contribution in [3.63, 3.8) is 0 Å². The molecule has 0 aromatic heterocycles. The molecule has 0 bridgehead atoms. The summed E-state index contributed by atoms with van der Waals surface area (Å²) in [4.78, 5) is 2.04. The van der Waals surface area contributed by atoms with Crippen molar-refractivity contribution in [2.24, 2.45) is 0 Å². The van der Waals surface area contributed by atoms with Crippen LogP contribution in [0.2, 0.25) is 0 Å². The van der Waals surface area contributed by atoms with Gasteiger partial charge in [-0.2, -0.15) is 0 Å². The van der Waals surface area contributed by atoms with Crippen molar-refractivity contribution < 1.29 is 14.2 Å². The van der Waals surface area contributed by atoms with E-state index in [9.17, 15) is 9.50 Å². The third kappa shape index (κ3) is 3.19. The fourth-order valence-electron chi connectivity index (χ4n) is 2.38. The number of rotatable bonds is 4. The predicted molar refractivity (Wildman–Crippen MR) is 75.5 cm³/mol. The summed E-state index contributed by atoms with van der Waals surface area (Å²) in [5, 5.41) is 13.4. The summed E-state index contributed by atoms with van der Waals surface area (Å²) in [6.07, 6.45) is 0. The van der Waals surface area contributed by atoms with Gasteiger partial charge in [-0.05, 0) is 12.1 Å². The van der Waals surface area contributed by atoms with Gasteiger partial charge in [-0.1, -0.05) is 15.9 Å². The molecule has 0 unspecified atom stereocenters. The summed E-state index contributed by atoms with van der Waals surface area (Å²) in [7, 11) is 1.49. The second-order valence-electron chi connectivity index (χ2n) is 4.50. The summed E-state index contributed by atoms with van der Waals surface area (Å²) in [6.45, 7) is 2.67. The lowest BCUT2D eigenvalue weighted by molar-refractivity contribution is 0.144. The van der Waals surface area contributed by atoms with Gasteiger partial charge in [0.1, 0.15) is 6.67 Å². The molecule has 1 saturated heterocycles. The predicted octanol–water partition coefficient (Wildman–Crippen LogP) is 2.08. The Morgan fingerprint density at radius 3 is 2.74 bits per heavy atom. The van der Waals surface area contributed by atoms with Gasteiger partial charge in [0.2, 0.25) is 0 Å². The van der Waals surface area contributed by atoms with E-state index in [0.29, 0.717) is 11.3 Å². The molecule has 0 radical (unpaired) electrons. The van der Waals surface area contributed by atoms with Crippen molar-refractivity contribution in [1.82, 2.24) is 10.2 Å². The first-order chi connectivity index (χ1) is 9.17. The Morgan fingerprint density at radius 1 is 1.47 bits per heavy atom. The number of hydrogen-bond donors (Lipinski definition) is 2. The zero-order valence-electron chi connectivity index (χ0n) is 10.8. The van der Waals surface area contributed by atoms with Crippen LogP contribution in [0.4, 0.5) is 4.39 Å². The second-order valence-corrected chi connectivity index (χ2v) is 5.42. The van der Waals surface area contributed by atoms with Crippen molar-refractivity contribution in [2.45, 2.75) is 6.04 Å². The minimum absolute atomic E-state index is 0.0203. The molecule has 1 aromatic rings. The Kier molecular flexibility index (Phi) is 5.01. The van der Waals surface area contributed by atoms with Crippen LogP contribution in [-0.2, 0) is 0 Å². The summed E-state index contributed by atoms with van der Waals surface area (Å²) in [6, 6.07) is 2.99. The highest BCUT2D eigenvalue weighted by Gasteiger charge is 2.26. The Morgan fingerprint density at radius 2 is 2.16 bits per heavy atom. The van der Waals surface area contributed by atoms with Crippen molar-refractivity contribution in [1.29, 1.82) is 0 Å². The maximum Gasteiger partial charge on any atom is 0.162 e. The SMILES string of the molecule is COc1cc(Br)cc([C@H](CF)N2CCNCC2)c1O. The normalized spacial score (nSPS) is 18.3. The van der Waals surface area contributed by atoms with Crippen molar-refractivity contribution in [3.8, 4) is 11.5 Å². The standard InChI is InChI=1S/C13H18BrFN2O2/c1-19-12-7-9(14)6-10(13(12)18)11(8-15)17-4-2-16-3-5-17/h6-7,11,16,18H,2-5,8H2,1H3/t11-/m0/s1. The molecule has 0 saturated carbocycles. The second kappa shape index (κ2) is 6.54. The lowest BCUT2D eigenvalue weighted by Crippen LogP contribution is -2.45. The number of halogens is 2. The van der Waals surface area contributed by atoms with Crippen LogP contribution in [-0.4, -0.2) is 50.0 Å². The van der Waals surface area contributed by atoms with Crippen molar-refractivity contribution in [3.05, 3.63) is 22.2 Å². The first-order valence-corrected chi connectivity index (χ1v) is 7.03. The molecule has 106 valence electrons. The molecule has 0 aliphatic carbocycles. The fraction of sp³-hybridized carbons (Fsp3) is 0.538. The molecule has 2 rings (SSSR count). The number of ether oxygens (including phenoxy) is 1. The lowest BCUT2D eigenvalue weighted by Gasteiger charge is -2.34. The minimum Gasteiger partial charge on any atom is -0.504 e. The number of phenols is 1. The third-order valence-corrected chi connectivity index (χ3v) is 3.84. The number of phenolic OH excluding ortho intramolecular Hbond substituents is 1. The van der Waals surface area contributed by atoms with Crippen LogP contribution in [0.3, 0.4) is 0 Å². The molecular weight excluding hydrogens is 315 g/mol. The number of alkyl halides is 1. The summed E-state index contributed by atoms with van der Waals surface area (Å²) >= 11 is 3.37. The van der Waals surface area contributed by atoms with Crippen LogP contribution < -0.4 is 10.1 Å². The van der Waals surface area contributed by atoms with E-state index in [2.05, 4.69) is 21.2 Å². The van der Waals surface area contributed by atoms with E-state index < -0.39 is 12.7 Å². The zero-order valence-corrected chi connectivity index (χ0v) is 12.4. The van der Waals surface area contributed by atoms with Gasteiger partial charge in [0.15, 0.2) is 11.5 Å². The molecular formula is C13H18BrFN2O2. The molecule has 1 atom stereocenters. The lowest BCUT2D eigenvalue weighted by atomic mass is 10.0. The maximum absolute atomic E-state index is 13.4. The van der Waals surface area contributed by atoms with E-state index >= 15 is 0 Å². The van der Waals surface area contributed by atoms with Gasteiger partial charge in [-0.25, -0.2) is 4.39 Å². The third-order valence-electron chi connectivity index (χ3n) is 3.39. The zero-order chi connectivity index (χ0) is 13.8. The summed E-state index contributed by atoms with van der Waals surface area (Å²) < 4.78 is 19.3. The molecule has 1 aliphatic heterocycles. The average molecular weight is 333 g/mol. The summed E-state index contributed by atoms with van der Waals surface area (Å²) in [5.74, 6) is 0.379. The molecule has 0 spiro atoms. The fourth-order valence-corrected chi connectivity index (χ4v) is 2.83. The van der Waals surface area contributed by atoms with Crippen molar-refractivity contribution in [2.75, 3.05) is 40.0 Å². The number of benzene rings is 1. The Balaban J connectivity index is 2.34. The summed E-state index contributed by atoms with van der Waals surface area (Å²) in [5.41, 5.74) is 0.565. The maximum atomic E-state index is 13.4. The van der Waals surface area contributed by atoms with Gasteiger partial charge in [-0.3, -0.25) is 4.90 Å². The highest BCUT2D eigenvalue weighted by Crippen LogP contribution is 2.39. The number of nitrogens with zero attached hydrogens (tertiary/aromatic N) is 1. The van der Waals surface area contributed by atoms with Gasteiger partial charge < -0.3 is 15.2 Å². The van der Waals surface area contributed by atoms with Crippen LogP contribution in [0.1, 0.15) is 11.6 Å². The molecule has 0 amide bonds. The average Bonchev–Trinajstić information content (AvgIpc) is 2.44. The number of nitrogens with one attached hydrogen (secondary N) is 1. The minimum atomic E-state index is -0.535. The highest BCUT2D eigenvalue weighted by atomic mass is 79.9. The molecule has 4 nitrogen and oxygen atoms in total. The van der Waals surface area contributed by atoms with Crippen molar-refractivity contribution >= 4 is 15.9 Å². The molecule has 6 heteroatoms. The topological polar surface area (TPSA) is 44.7 Å². The molecule has 1 aromatic carbocycles. The van der Waals surface area contributed by atoms with E-state index in [0.717, 1.165) is 30.7 Å². The molecule has 1 aliphatic rings. The number of aromatic hydroxyl groups is 1.